The molecule has 1 aromatic rings. The van der Waals surface area contributed by atoms with Gasteiger partial charge in [-0.3, -0.25) is 0 Å². The number of halogens is 3. The molecule has 21 heavy (non-hydrogen) atoms. The van der Waals surface area contributed by atoms with Crippen molar-refractivity contribution in [3.05, 3.63) is 35.4 Å². The number of alkyl halides is 3. The number of benzene rings is 1. The summed E-state index contributed by atoms with van der Waals surface area (Å²) in [5.41, 5.74) is 6.19. The molecule has 5 heteroatoms. The fourth-order valence-corrected chi connectivity index (χ4v) is 3.55. The summed E-state index contributed by atoms with van der Waals surface area (Å²) in [6.45, 7) is 1.86. The van der Waals surface area contributed by atoms with Gasteiger partial charge < -0.3 is 10.8 Å². The van der Waals surface area contributed by atoms with Crippen molar-refractivity contribution >= 4 is 0 Å². The summed E-state index contributed by atoms with van der Waals surface area (Å²) in [5, 5.41) is 10.9. The lowest BCUT2D eigenvalue weighted by Gasteiger charge is -2.43. The molecule has 0 saturated carbocycles. The normalized spacial score (nSPS) is 24.7. The minimum Gasteiger partial charge on any atom is -0.389 e. The van der Waals surface area contributed by atoms with Gasteiger partial charge >= 0.3 is 6.18 Å². The van der Waals surface area contributed by atoms with Gasteiger partial charge in [-0.2, -0.15) is 13.2 Å². The second-order valence-electron chi connectivity index (χ2n) is 6.19. The van der Waals surface area contributed by atoms with Crippen molar-refractivity contribution in [3.63, 3.8) is 0 Å². The van der Waals surface area contributed by atoms with Crippen LogP contribution in [0.2, 0.25) is 0 Å². The summed E-state index contributed by atoms with van der Waals surface area (Å²) in [6, 6.07) is 7.76. The van der Waals surface area contributed by atoms with Crippen LogP contribution in [0, 0.1) is 0 Å². The highest BCUT2D eigenvalue weighted by Crippen LogP contribution is 2.47. The molecule has 0 heterocycles. The van der Waals surface area contributed by atoms with E-state index < -0.39 is 23.6 Å². The molecule has 0 saturated heterocycles. The Morgan fingerprint density at radius 2 is 1.90 bits per heavy atom. The van der Waals surface area contributed by atoms with Gasteiger partial charge in [0.1, 0.15) is 0 Å². The Morgan fingerprint density at radius 1 is 1.24 bits per heavy atom. The smallest absolute Gasteiger partial charge is 0.389 e. The maximum Gasteiger partial charge on any atom is 0.389 e. The SMILES string of the molecule is CC(O)(CCCC(F)(F)F)C1(CN)CCc2ccccc21. The number of hydrogen-bond donors (Lipinski definition) is 2. The largest absolute Gasteiger partial charge is 0.389 e. The Morgan fingerprint density at radius 3 is 2.52 bits per heavy atom. The number of fused-ring (bicyclic) bond motifs is 1. The molecule has 0 bridgehead atoms. The third-order valence-electron chi connectivity index (χ3n) is 4.86. The van der Waals surface area contributed by atoms with Crippen molar-refractivity contribution in [2.24, 2.45) is 5.73 Å². The predicted octanol–water partition coefficient (Wildman–Crippen LogP) is 3.31. The van der Waals surface area contributed by atoms with Crippen molar-refractivity contribution in [1.82, 2.24) is 0 Å². The van der Waals surface area contributed by atoms with Gasteiger partial charge in [0.2, 0.25) is 0 Å². The molecule has 1 aromatic carbocycles. The van der Waals surface area contributed by atoms with Crippen LogP contribution in [-0.4, -0.2) is 23.4 Å². The van der Waals surface area contributed by atoms with E-state index in [2.05, 4.69) is 0 Å². The van der Waals surface area contributed by atoms with Crippen molar-refractivity contribution in [2.45, 2.75) is 56.2 Å². The highest BCUT2D eigenvalue weighted by Gasteiger charge is 2.50. The second kappa shape index (κ2) is 5.61. The molecule has 0 aliphatic heterocycles. The summed E-state index contributed by atoms with van der Waals surface area (Å²) in [7, 11) is 0. The van der Waals surface area contributed by atoms with Crippen LogP contribution in [0.5, 0.6) is 0 Å². The van der Waals surface area contributed by atoms with E-state index in [0.717, 1.165) is 17.5 Å². The van der Waals surface area contributed by atoms with Gasteiger partial charge in [0, 0.05) is 18.4 Å². The quantitative estimate of drug-likeness (QED) is 0.876. The molecule has 2 rings (SSSR count). The summed E-state index contributed by atoms with van der Waals surface area (Å²) in [4.78, 5) is 0. The average molecular weight is 301 g/mol. The Hall–Kier alpha value is -1.07. The molecular weight excluding hydrogens is 279 g/mol. The van der Waals surface area contributed by atoms with Gasteiger partial charge in [-0.1, -0.05) is 24.3 Å². The first-order valence-electron chi connectivity index (χ1n) is 7.29. The maximum atomic E-state index is 12.3. The maximum absolute atomic E-state index is 12.3. The fourth-order valence-electron chi connectivity index (χ4n) is 3.55. The van der Waals surface area contributed by atoms with E-state index in [1.165, 1.54) is 0 Å². The van der Waals surface area contributed by atoms with Crippen LogP contribution in [0.4, 0.5) is 13.2 Å². The zero-order valence-electron chi connectivity index (χ0n) is 12.2. The summed E-state index contributed by atoms with van der Waals surface area (Å²) in [6.07, 6.45) is -3.55. The Kier molecular flexibility index (Phi) is 4.36. The number of rotatable bonds is 5. The van der Waals surface area contributed by atoms with Gasteiger partial charge in [0.05, 0.1) is 5.60 Å². The van der Waals surface area contributed by atoms with Crippen molar-refractivity contribution < 1.29 is 18.3 Å². The fraction of sp³-hybridized carbons (Fsp3) is 0.625. The van der Waals surface area contributed by atoms with Crippen molar-refractivity contribution in [3.8, 4) is 0 Å². The molecule has 118 valence electrons. The molecule has 2 nitrogen and oxygen atoms in total. The summed E-state index contributed by atoms with van der Waals surface area (Å²) in [5.74, 6) is 0. The summed E-state index contributed by atoms with van der Waals surface area (Å²) >= 11 is 0. The van der Waals surface area contributed by atoms with Crippen molar-refractivity contribution in [2.75, 3.05) is 6.54 Å². The molecule has 0 fully saturated rings. The van der Waals surface area contributed by atoms with Crippen LogP contribution in [0.15, 0.2) is 24.3 Å². The highest BCUT2D eigenvalue weighted by molar-refractivity contribution is 5.42. The Labute approximate surface area is 123 Å². The van der Waals surface area contributed by atoms with Crippen LogP contribution >= 0.6 is 0 Å². The molecule has 0 radical (unpaired) electrons. The second-order valence-corrected chi connectivity index (χ2v) is 6.19. The minimum absolute atomic E-state index is 0.0829. The zero-order chi connectivity index (χ0) is 15.7. The molecule has 1 aliphatic carbocycles. The zero-order valence-corrected chi connectivity index (χ0v) is 12.2. The molecule has 0 spiro atoms. The number of aliphatic hydroxyl groups is 1. The van der Waals surface area contributed by atoms with E-state index in [0.29, 0.717) is 6.42 Å². The van der Waals surface area contributed by atoms with E-state index in [9.17, 15) is 18.3 Å². The van der Waals surface area contributed by atoms with Crippen LogP contribution in [0.25, 0.3) is 0 Å². The predicted molar refractivity (Wildman–Crippen MR) is 76.0 cm³/mol. The third kappa shape index (κ3) is 3.09. The first-order valence-corrected chi connectivity index (χ1v) is 7.29. The lowest BCUT2D eigenvalue weighted by Crippen LogP contribution is -2.53. The summed E-state index contributed by atoms with van der Waals surface area (Å²) < 4.78 is 37.0. The first kappa shape index (κ1) is 16.3. The van der Waals surface area contributed by atoms with Gasteiger partial charge in [0.15, 0.2) is 0 Å². The monoisotopic (exact) mass is 301 g/mol. The first-order chi connectivity index (χ1) is 9.72. The van der Waals surface area contributed by atoms with Gasteiger partial charge in [-0.25, -0.2) is 0 Å². The van der Waals surface area contributed by atoms with E-state index in [4.69, 9.17) is 5.73 Å². The number of hydrogen-bond acceptors (Lipinski definition) is 2. The third-order valence-corrected chi connectivity index (χ3v) is 4.86. The molecule has 1 aliphatic rings. The average Bonchev–Trinajstić information content (AvgIpc) is 2.77. The van der Waals surface area contributed by atoms with E-state index in [1.54, 1.807) is 6.92 Å². The van der Waals surface area contributed by atoms with Crippen molar-refractivity contribution in [1.29, 1.82) is 0 Å². The van der Waals surface area contributed by atoms with Gasteiger partial charge in [-0.15, -0.1) is 0 Å². The van der Waals surface area contributed by atoms with Crippen LogP contribution < -0.4 is 5.73 Å². The topological polar surface area (TPSA) is 46.2 Å². The lowest BCUT2D eigenvalue weighted by atomic mass is 9.66. The van der Waals surface area contributed by atoms with E-state index in [1.807, 2.05) is 24.3 Å². The standard InChI is InChI=1S/C16H22F3NO/c1-14(21,8-4-9-16(17,18)19)15(11-20)10-7-12-5-2-3-6-13(12)15/h2-3,5-6,21H,4,7-11,20H2,1H3. The molecule has 2 unspecified atom stereocenters. The van der Waals surface area contributed by atoms with Gasteiger partial charge in [0.25, 0.3) is 0 Å². The van der Waals surface area contributed by atoms with E-state index in [-0.39, 0.29) is 19.4 Å². The Balaban J connectivity index is 2.21. The molecule has 0 aromatic heterocycles. The van der Waals surface area contributed by atoms with E-state index >= 15 is 0 Å². The number of nitrogens with two attached hydrogens (primary N) is 1. The molecular formula is C16H22F3NO. The minimum atomic E-state index is -4.18. The number of aryl methyl sites for hydroxylation is 1. The molecule has 3 N–H and O–H groups in total. The van der Waals surface area contributed by atoms with Crippen LogP contribution in [0.1, 0.15) is 43.7 Å². The lowest BCUT2D eigenvalue weighted by molar-refractivity contribution is -0.139. The molecule has 0 amide bonds. The highest BCUT2D eigenvalue weighted by atomic mass is 19.4. The van der Waals surface area contributed by atoms with Crippen LogP contribution in [-0.2, 0) is 11.8 Å². The molecule has 2 atom stereocenters. The van der Waals surface area contributed by atoms with Crippen LogP contribution in [0.3, 0.4) is 0 Å². The van der Waals surface area contributed by atoms with Gasteiger partial charge in [-0.05, 0) is 43.7 Å². The Bertz CT molecular complexity index is 499.